The van der Waals surface area contributed by atoms with Gasteiger partial charge in [0.15, 0.2) is 10.6 Å². The number of aromatic amines is 1. The lowest BCUT2D eigenvalue weighted by atomic mass is 10.1. The largest absolute Gasteiger partial charge is 0.492 e. The number of hydrogen-bond donors (Lipinski definition) is 2. The first-order chi connectivity index (χ1) is 13.1. The third kappa shape index (κ3) is 5.27. The average molecular weight is 382 g/mol. The molecule has 0 aliphatic heterocycles. The van der Waals surface area contributed by atoms with Crippen LogP contribution in [0.2, 0.25) is 0 Å². The predicted octanol–water partition coefficient (Wildman–Crippen LogP) is 3.50. The third-order valence-corrected chi connectivity index (χ3v) is 4.34. The van der Waals surface area contributed by atoms with Crippen LogP contribution in [0.3, 0.4) is 0 Å². The Kier molecular flexibility index (Phi) is 6.38. The van der Waals surface area contributed by atoms with Crippen molar-refractivity contribution in [3.63, 3.8) is 0 Å². The molecule has 3 aromatic rings. The van der Waals surface area contributed by atoms with Gasteiger partial charge in [0.25, 0.3) is 0 Å². The molecule has 0 spiro atoms. The normalized spacial score (nSPS) is 10.6. The van der Waals surface area contributed by atoms with Gasteiger partial charge in [-0.05, 0) is 37.3 Å². The monoisotopic (exact) mass is 382 g/mol. The lowest BCUT2D eigenvalue weighted by Crippen LogP contribution is -2.28. The summed E-state index contributed by atoms with van der Waals surface area (Å²) in [6, 6.07) is 17.6. The number of aromatic nitrogens is 3. The first kappa shape index (κ1) is 18.8. The lowest BCUT2D eigenvalue weighted by molar-refractivity contribution is -0.121. The molecule has 2 aromatic carbocycles. The van der Waals surface area contributed by atoms with Crippen LogP contribution in [0.4, 0.5) is 0 Å². The van der Waals surface area contributed by atoms with Crippen molar-refractivity contribution in [2.75, 3.05) is 13.2 Å². The van der Waals surface area contributed by atoms with E-state index in [-0.39, 0.29) is 5.91 Å². The second-order valence-corrected chi connectivity index (χ2v) is 6.52. The van der Waals surface area contributed by atoms with E-state index in [1.807, 2.05) is 66.1 Å². The van der Waals surface area contributed by atoms with Gasteiger partial charge in [0.05, 0.1) is 6.54 Å². The van der Waals surface area contributed by atoms with Crippen LogP contribution in [0.1, 0.15) is 12.0 Å². The molecule has 0 aliphatic rings. The quantitative estimate of drug-likeness (QED) is 0.462. The molecule has 2 N–H and O–H groups in total. The second-order valence-electron chi connectivity index (χ2n) is 6.13. The molecule has 0 radical (unpaired) electrons. The Morgan fingerprint density at radius 3 is 2.81 bits per heavy atom. The van der Waals surface area contributed by atoms with Gasteiger partial charge in [-0.1, -0.05) is 42.0 Å². The minimum Gasteiger partial charge on any atom is -0.492 e. The van der Waals surface area contributed by atoms with Crippen molar-refractivity contribution in [2.24, 2.45) is 0 Å². The van der Waals surface area contributed by atoms with Gasteiger partial charge in [-0.3, -0.25) is 14.5 Å². The second kappa shape index (κ2) is 9.14. The molecule has 0 unspecified atom stereocenters. The zero-order valence-electron chi connectivity index (χ0n) is 15.1. The van der Waals surface area contributed by atoms with E-state index in [2.05, 4.69) is 15.5 Å². The highest BCUT2D eigenvalue weighted by atomic mass is 32.1. The van der Waals surface area contributed by atoms with Crippen LogP contribution in [0.15, 0.2) is 54.6 Å². The van der Waals surface area contributed by atoms with Crippen molar-refractivity contribution in [3.8, 4) is 17.1 Å². The Morgan fingerprint density at radius 2 is 2.04 bits per heavy atom. The van der Waals surface area contributed by atoms with E-state index in [1.165, 1.54) is 0 Å². The van der Waals surface area contributed by atoms with E-state index in [0.717, 1.165) is 22.7 Å². The Hall–Kier alpha value is -2.93. The third-order valence-electron chi connectivity index (χ3n) is 4.03. The number of nitrogens with zero attached hydrogens (tertiary/aromatic N) is 2. The number of ether oxygens (including phenoxy) is 1. The van der Waals surface area contributed by atoms with Crippen LogP contribution in [0, 0.1) is 11.7 Å². The van der Waals surface area contributed by atoms with Crippen molar-refractivity contribution in [2.45, 2.75) is 19.9 Å². The number of carbonyl (C=O) groups excluding carboxylic acids is 1. The number of hydrogen-bond acceptors (Lipinski definition) is 4. The van der Waals surface area contributed by atoms with Crippen LogP contribution in [0.25, 0.3) is 11.4 Å². The Bertz CT molecular complexity index is 950. The van der Waals surface area contributed by atoms with Crippen LogP contribution in [-0.2, 0) is 11.3 Å². The first-order valence-corrected chi connectivity index (χ1v) is 9.21. The van der Waals surface area contributed by atoms with E-state index < -0.39 is 0 Å². The summed E-state index contributed by atoms with van der Waals surface area (Å²) in [5, 5.41) is 9.98. The van der Waals surface area contributed by atoms with Gasteiger partial charge in [-0.2, -0.15) is 5.10 Å². The summed E-state index contributed by atoms with van der Waals surface area (Å²) in [5.74, 6) is 1.48. The summed E-state index contributed by atoms with van der Waals surface area (Å²) in [7, 11) is 0. The Balaban J connectivity index is 1.50. The molecule has 7 heteroatoms. The average Bonchev–Trinajstić information content (AvgIpc) is 3.05. The van der Waals surface area contributed by atoms with Crippen molar-refractivity contribution < 1.29 is 9.53 Å². The maximum atomic E-state index is 12.1. The van der Waals surface area contributed by atoms with Crippen LogP contribution in [-0.4, -0.2) is 33.8 Å². The molecule has 0 saturated carbocycles. The zero-order valence-corrected chi connectivity index (χ0v) is 16.0. The fourth-order valence-corrected chi connectivity index (χ4v) is 2.93. The van der Waals surface area contributed by atoms with Crippen LogP contribution < -0.4 is 10.1 Å². The molecule has 3 rings (SSSR count). The van der Waals surface area contributed by atoms with Gasteiger partial charge in [0, 0.05) is 18.5 Å². The molecule has 6 nitrogen and oxygen atoms in total. The molecule has 0 fully saturated rings. The van der Waals surface area contributed by atoms with E-state index >= 15 is 0 Å². The van der Waals surface area contributed by atoms with Gasteiger partial charge >= 0.3 is 0 Å². The van der Waals surface area contributed by atoms with Gasteiger partial charge in [0.1, 0.15) is 12.4 Å². The molecule has 1 aromatic heterocycles. The standard InChI is InChI=1S/C20H22N4O2S/c1-15-6-5-7-16(14-15)19-22-23-20(27)24(19)12-10-18(25)21-11-13-26-17-8-3-2-4-9-17/h2-9,14H,10-13H2,1H3,(H,21,25)(H,23,27). The summed E-state index contributed by atoms with van der Waals surface area (Å²) >= 11 is 5.31. The molecule has 1 amide bonds. The van der Waals surface area contributed by atoms with Crippen LogP contribution >= 0.6 is 12.2 Å². The summed E-state index contributed by atoms with van der Waals surface area (Å²) < 4.78 is 7.92. The van der Waals surface area contributed by atoms with Crippen LogP contribution in [0.5, 0.6) is 5.75 Å². The van der Waals surface area contributed by atoms with Gasteiger partial charge < -0.3 is 10.1 Å². The minimum absolute atomic E-state index is 0.0510. The first-order valence-electron chi connectivity index (χ1n) is 8.80. The summed E-state index contributed by atoms with van der Waals surface area (Å²) in [6.45, 7) is 3.37. The molecule has 140 valence electrons. The van der Waals surface area contributed by atoms with Gasteiger partial charge in [0.2, 0.25) is 5.91 Å². The number of nitrogens with one attached hydrogen (secondary N) is 2. The van der Waals surface area contributed by atoms with E-state index in [0.29, 0.717) is 30.9 Å². The lowest BCUT2D eigenvalue weighted by Gasteiger charge is -2.09. The van der Waals surface area contributed by atoms with Crippen molar-refractivity contribution >= 4 is 18.1 Å². The number of amides is 1. The van der Waals surface area contributed by atoms with Crippen molar-refractivity contribution in [3.05, 3.63) is 64.9 Å². The number of benzene rings is 2. The summed E-state index contributed by atoms with van der Waals surface area (Å²) in [4.78, 5) is 12.1. The zero-order chi connectivity index (χ0) is 19.1. The number of carbonyl (C=O) groups is 1. The summed E-state index contributed by atoms with van der Waals surface area (Å²) in [6.07, 6.45) is 0.317. The number of H-pyrrole nitrogens is 1. The van der Waals surface area contributed by atoms with E-state index in [9.17, 15) is 4.79 Å². The highest BCUT2D eigenvalue weighted by Gasteiger charge is 2.10. The van der Waals surface area contributed by atoms with Crippen molar-refractivity contribution in [1.82, 2.24) is 20.1 Å². The Labute approximate surface area is 163 Å². The number of para-hydroxylation sites is 1. The fraction of sp³-hybridized carbons (Fsp3) is 0.250. The molecular weight excluding hydrogens is 360 g/mol. The topological polar surface area (TPSA) is 71.9 Å². The SMILES string of the molecule is Cc1cccc(-c2n[nH]c(=S)n2CCC(=O)NCCOc2ccccc2)c1. The molecular formula is C20H22N4O2S. The highest BCUT2D eigenvalue weighted by molar-refractivity contribution is 7.71. The maximum Gasteiger partial charge on any atom is 0.221 e. The minimum atomic E-state index is -0.0510. The molecule has 0 atom stereocenters. The molecule has 0 bridgehead atoms. The maximum absolute atomic E-state index is 12.1. The number of aryl methyl sites for hydroxylation is 1. The van der Waals surface area contributed by atoms with Gasteiger partial charge in [-0.15, -0.1) is 0 Å². The van der Waals surface area contributed by atoms with E-state index in [1.54, 1.807) is 0 Å². The van der Waals surface area contributed by atoms with E-state index in [4.69, 9.17) is 17.0 Å². The number of rotatable bonds is 8. The molecule has 27 heavy (non-hydrogen) atoms. The molecule has 0 saturated heterocycles. The highest BCUT2D eigenvalue weighted by Crippen LogP contribution is 2.18. The molecule has 1 heterocycles. The van der Waals surface area contributed by atoms with Gasteiger partial charge in [-0.25, -0.2) is 0 Å². The molecule has 0 aliphatic carbocycles. The smallest absolute Gasteiger partial charge is 0.221 e. The predicted molar refractivity (Wildman–Crippen MR) is 107 cm³/mol. The summed E-state index contributed by atoms with van der Waals surface area (Å²) in [5.41, 5.74) is 2.11. The Morgan fingerprint density at radius 1 is 1.22 bits per heavy atom. The van der Waals surface area contributed by atoms with Crippen molar-refractivity contribution in [1.29, 1.82) is 0 Å². The fourth-order valence-electron chi connectivity index (χ4n) is 2.71.